The van der Waals surface area contributed by atoms with Crippen LogP contribution in [0.4, 0.5) is 10.2 Å². The third-order valence-electron chi connectivity index (χ3n) is 3.20. The van der Waals surface area contributed by atoms with Gasteiger partial charge in [0.25, 0.3) is 15.9 Å². The van der Waals surface area contributed by atoms with E-state index >= 15 is 0 Å². The molecule has 2 aromatic heterocycles. The third kappa shape index (κ3) is 4.06. The van der Waals surface area contributed by atoms with Crippen molar-refractivity contribution in [1.29, 1.82) is 0 Å². The van der Waals surface area contributed by atoms with Crippen molar-refractivity contribution in [3.05, 3.63) is 71.5 Å². The van der Waals surface area contributed by atoms with Crippen LogP contribution in [0.5, 0.6) is 5.88 Å². The lowest BCUT2D eigenvalue weighted by Gasteiger charge is -2.12. The molecule has 0 saturated carbocycles. The molecule has 0 fully saturated rings. The highest BCUT2D eigenvalue weighted by Crippen LogP contribution is 2.26. The van der Waals surface area contributed by atoms with Gasteiger partial charge in [-0.1, -0.05) is 23.7 Å². The summed E-state index contributed by atoms with van der Waals surface area (Å²) in [5.41, 5.74) is 0.757. The Morgan fingerprint density at radius 2 is 1.92 bits per heavy atom. The van der Waals surface area contributed by atoms with E-state index in [9.17, 15) is 12.8 Å². The second-order valence-electron chi connectivity index (χ2n) is 5.02. The van der Waals surface area contributed by atoms with E-state index in [1.165, 1.54) is 24.5 Å². The Kier molecular flexibility index (Phi) is 5.29. The molecule has 0 aliphatic rings. The van der Waals surface area contributed by atoms with Crippen molar-refractivity contribution in [2.45, 2.75) is 11.5 Å². The molecule has 0 atom stereocenters. The Balaban J connectivity index is 1.85. The lowest BCUT2D eigenvalue weighted by molar-refractivity contribution is 0.294. The van der Waals surface area contributed by atoms with Gasteiger partial charge in [0.1, 0.15) is 11.5 Å². The monoisotopic (exact) mass is 394 g/mol. The molecule has 0 amide bonds. The predicted molar refractivity (Wildman–Crippen MR) is 92.8 cm³/mol. The van der Waals surface area contributed by atoms with Gasteiger partial charge in [-0.3, -0.25) is 9.71 Å². The Morgan fingerprint density at radius 3 is 2.69 bits per heavy atom. The Hall–Kier alpha value is -2.78. The largest absolute Gasteiger partial charge is 0.470 e. The van der Waals surface area contributed by atoms with Crippen molar-refractivity contribution in [2.24, 2.45) is 0 Å². The van der Waals surface area contributed by atoms with Gasteiger partial charge in [0.05, 0.1) is 5.02 Å². The highest BCUT2D eigenvalue weighted by molar-refractivity contribution is 7.92. The first kappa shape index (κ1) is 18.0. The lowest BCUT2D eigenvalue weighted by atomic mass is 10.3. The Labute approximate surface area is 153 Å². The van der Waals surface area contributed by atoms with Gasteiger partial charge in [0.15, 0.2) is 5.82 Å². The maximum Gasteiger partial charge on any atom is 0.266 e. The number of hydrogen-bond acceptors (Lipinski definition) is 6. The maximum atomic E-state index is 14.0. The molecule has 1 N–H and O–H groups in total. The summed E-state index contributed by atoms with van der Waals surface area (Å²) in [5, 5.41) is -0.305. The topological polar surface area (TPSA) is 94.1 Å². The SMILES string of the molecule is O=S(=O)(Nc1nccnc1OCc1cccnc1)c1cccc(Cl)c1F. The molecular weight excluding hydrogens is 383 g/mol. The Morgan fingerprint density at radius 1 is 1.12 bits per heavy atom. The number of nitrogens with one attached hydrogen (secondary N) is 1. The summed E-state index contributed by atoms with van der Waals surface area (Å²) < 4.78 is 46.6. The molecule has 2 heterocycles. The minimum Gasteiger partial charge on any atom is -0.470 e. The zero-order valence-corrected chi connectivity index (χ0v) is 14.7. The van der Waals surface area contributed by atoms with E-state index in [0.29, 0.717) is 0 Å². The molecule has 0 radical (unpaired) electrons. The zero-order valence-electron chi connectivity index (χ0n) is 13.1. The van der Waals surface area contributed by atoms with Crippen LogP contribution in [0, 0.1) is 5.82 Å². The van der Waals surface area contributed by atoms with E-state index < -0.39 is 20.7 Å². The molecule has 0 saturated heterocycles. The van der Waals surface area contributed by atoms with Gasteiger partial charge in [-0.25, -0.2) is 22.8 Å². The number of pyridine rings is 1. The summed E-state index contributed by atoms with van der Waals surface area (Å²) in [5.74, 6) is -1.28. The predicted octanol–water partition coefficient (Wildman–Crippen LogP) is 3.04. The second-order valence-corrected chi connectivity index (χ2v) is 7.08. The van der Waals surface area contributed by atoms with Crippen LogP contribution in [0.15, 0.2) is 60.0 Å². The van der Waals surface area contributed by atoms with Crippen molar-refractivity contribution in [3.63, 3.8) is 0 Å². The van der Waals surface area contributed by atoms with Gasteiger partial charge >= 0.3 is 0 Å². The van der Waals surface area contributed by atoms with Crippen molar-refractivity contribution in [1.82, 2.24) is 15.0 Å². The number of benzene rings is 1. The van der Waals surface area contributed by atoms with Crippen LogP contribution in [-0.2, 0) is 16.6 Å². The third-order valence-corrected chi connectivity index (χ3v) is 4.85. The zero-order chi connectivity index (χ0) is 18.6. The summed E-state index contributed by atoms with van der Waals surface area (Å²) in [6.07, 6.45) is 5.84. The highest BCUT2D eigenvalue weighted by atomic mass is 35.5. The average molecular weight is 395 g/mol. The molecule has 26 heavy (non-hydrogen) atoms. The Bertz CT molecular complexity index is 1020. The van der Waals surface area contributed by atoms with Crippen molar-refractivity contribution in [3.8, 4) is 5.88 Å². The van der Waals surface area contributed by atoms with Crippen molar-refractivity contribution in [2.75, 3.05) is 4.72 Å². The van der Waals surface area contributed by atoms with E-state index in [1.807, 2.05) is 0 Å². The fourth-order valence-corrected chi connectivity index (χ4v) is 3.35. The molecular formula is C16H12ClFN4O3S. The average Bonchev–Trinajstić information content (AvgIpc) is 2.64. The van der Waals surface area contributed by atoms with Gasteiger partial charge in [0, 0.05) is 30.4 Å². The van der Waals surface area contributed by atoms with E-state index in [1.54, 1.807) is 24.5 Å². The molecule has 0 unspecified atom stereocenters. The minimum absolute atomic E-state index is 0.0534. The lowest BCUT2D eigenvalue weighted by Crippen LogP contribution is -2.17. The molecule has 134 valence electrons. The van der Waals surface area contributed by atoms with Gasteiger partial charge < -0.3 is 4.74 Å². The molecule has 0 aliphatic heterocycles. The fraction of sp³-hybridized carbons (Fsp3) is 0.0625. The first-order chi connectivity index (χ1) is 12.5. The van der Waals surface area contributed by atoms with E-state index in [2.05, 4.69) is 19.7 Å². The molecule has 0 spiro atoms. The van der Waals surface area contributed by atoms with Crippen LogP contribution in [0.3, 0.4) is 0 Å². The molecule has 10 heteroatoms. The molecule has 3 aromatic rings. The van der Waals surface area contributed by atoms with Crippen LogP contribution < -0.4 is 9.46 Å². The van der Waals surface area contributed by atoms with Crippen molar-refractivity contribution < 1.29 is 17.5 Å². The molecule has 7 nitrogen and oxygen atoms in total. The van der Waals surface area contributed by atoms with Crippen LogP contribution >= 0.6 is 11.6 Å². The number of sulfonamides is 1. The fourth-order valence-electron chi connectivity index (χ4n) is 2.01. The smallest absolute Gasteiger partial charge is 0.266 e. The van der Waals surface area contributed by atoms with E-state index in [-0.39, 0.29) is 23.3 Å². The van der Waals surface area contributed by atoms with Crippen LogP contribution in [0.2, 0.25) is 5.02 Å². The molecule has 0 aliphatic carbocycles. The summed E-state index contributed by atoms with van der Waals surface area (Å²) in [6.45, 7) is 0.104. The first-order valence-electron chi connectivity index (χ1n) is 7.27. The maximum absolute atomic E-state index is 14.0. The summed E-state index contributed by atoms with van der Waals surface area (Å²) in [4.78, 5) is 11.2. The summed E-state index contributed by atoms with van der Waals surface area (Å²) in [6, 6.07) is 7.20. The second kappa shape index (κ2) is 7.63. The number of ether oxygens (including phenoxy) is 1. The number of rotatable bonds is 6. The first-order valence-corrected chi connectivity index (χ1v) is 9.13. The van der Waals surface area contributed by atoms with Gasteiger partial charge in [-0.2, -0.15) is 0 Å². The summed E-state index contributed by atoms with van der Waals surface area (Å²) in [7, 11) is -4.28. The number of anilines is 1. The number of halogens is 2. The molecule has 3 rings (SSSR count). The van der Waals surface area contributed by atoms with E-state index in [4.69, 9.17) is 16.3 Å². The molecule has 0 bridgehead atoms. The quantitative estimate of drug-likeness (QED) is 0.690. The van der Waals surface area contributed by atoms with Gasteiger partial charge in [-0.15, -0.1) is 0 Å². The van der Waals surface area contributed by atoms with Crippen LogP contribution in [-0.4, -0.2) is 23.4 Å². The highest BCUT2D eigenvalue weighted by Gasteiger charge is 2.23. The minimum atomic E-state index is -4.28. The van der Waals surface area contributed by atoms with Crippen LogP contribution in [0.1, 0.15) is 5.56 Å². The van der Waals surface area contributed by atoms with Crippen molar-refractivity contribution >= 4 is 27.4 Å². The number of hydrogen-bond donors (Lipinski definition) is 1. The van der Waals surface area contributed by atoms with Gasteiger partial charge in [-0.05, 0) is 18.2 Å². The molecule has 1 aromatic carbocycles. The number of nitrogens with zero attached hydrogens (tertiary/aromatic N) is 3. The van der Waals surface area contributed by atoms with Gasteiger partial charge in [0.2, 0.25) is 5.82 Å². The summed E-state index contributed by atoms with van der Waals surface area (Å²) >= 11 is 5.65. The standard InChI is InChI=1S/C16H12ClFN4O3S/c17-12-4-1-5-13(14(12)18)26(23,24)22-15-16(21-8-7-20-15)25-10-11-3-2-6-19-9-11/h1-9H,10H2,(H,20,22). The van der Waals surface area contributed by atoms with E-state index in [0.717, 1.165) is 11.6 Å². The number of aromatic nitrogens is 3. The van der Waals surface area contributed by atoms with Crippen LogP contribution in [0.25, 0.3) is 0 Å². The normalized spacial score (nSPS) is 11.2.